The van der Waals surface area contributed by atoms with Crippen LogP contribution < -0.4 is 0 Å². The molecular weight excluding hydrogens is 330 g/mol. The number of allylic oxidation sites excluding steroid dienone is 1. The Labute approximate surface area is 158 Å². The van der Waals surface area contributed by atoms with E-state index < -0.39 is 6.08 Å². The van der Waals surface area contributed by atoms with E-state index >= 15 is 0 Å². The predicted molar refractivity (Wildman–Crippen MR) is 102 cm³/mol. The first kappa shape index (κ1) is 20.0. The molecule has 0 aliphatic heterocycles. The van der Waals surface area contributed by atoms with Crippen LogP contribution in [0.4, 0.5) is 8.78 Å². The van der Waals surface area contributed by atoms with Crippen molar-refractivity contribution in [1.82, 2.24) is 0 Å². The zero-order valence-corrected chi connectivity index (χ0v) is 16.2. The molecule has 0 unspecified atom stereocenters. The molecular formula is C23H36F2O. The van der Waals surface area contributed by atoms with Crippen LogP contribution in [0.5, 0.6) is 0 Å². The van der Waals surface area contributed by atoms with Gasteiger partial charge in [-0.2, -0.15) is 8.78 Å². The molecule has 3 saturated carbocycles. The molecule has 0 radical (unpaired) electrons. The fourth-order valence-corrected chi connectivity index (χ4v) is 6.09. The summed E-state index contributed by atoms with van der Waals surface area (Å²) in [5.41, 5.74) is 0. The van der Waals surface area contributed by atoms with Crippen LogP contribution in [0.2, 0.25) is 0 Å². The number of rotatable bonds is 6. The van der Waals surface area contributed by atoms with Gasteiger partial charge in [0.2, 0.25) is 0 Å². The molecule has 3 aliphatic carbocycles. The lowest BCUT2D eigenvalue weighted by Crippen LogP contribution is -2.29. The first-order valence-corrected chi connectivity index (χ1v) is 11.1. The lowest BCUT2D eigenvalue weighted by atomic mass is 9.65. The Morgan fingerprint density at radius 1 is 0.769 bits per heavy atom. The number of Topliss-reactive ketones (excluding diaryl/α,β-unsaturated/α-hetero) is 1. The van der Waals surface area contributed by atoms with Gasteiger partial charge in [-0.3, -0.25) is 4.79 Å². The quantitative estimate of drug-likeness (QED) is 0.450. The van der Waals surface area contributed by atoms with E-state index in [1.807, 2.05) is 0 Å². The topological polar surface area (TPSA) is 17.1 Å². The second-order valence-electron chi connectivity index (χ2n) is 9.26. The van der Waals surface area contributed by atoms with Gasteiger partial charge in [0.15, 0.2) is 0 Å². The fourth-order valence-electron chi connectivity index (χ4n) is 6.09. The molecule has 148 valence electrons. The number of carbonyl (C=O) groups is 1. The van der Waals surface area contributed by atoms with Crippen molar-refractivity contribution in [2.45, 2.75) is 96.3 Å². The molecule has 0 heterocycles. The summed E-state index contributed by atoms with van der Waals surface area (Å²) in [5.74, 6) is 4.83. The maximum Gasteiger partial charge on any atom is 0.266 e. The summed E-state index contributed by atoms with van der Waals surface area (Å²) in [6.07, 6.45) is 17.1. The van der Waals surface area contributed by atoms with Crippen molar-refractivity contribution in [3.05, 3.63) is 12.2 Å². The van der Waals surface area contributed by atoms with Gasteiger partial charge in [-0.05, 0) is 99.9 Å². The van der Waals surface area contributed by atoms with Crippen LogP contribution in [-0.2, 0) is 4.79 Å². The minimum absolute atomic E-state index is 0.484. The molecule has 3 heteroatoms. The van der Waals surface area contributed by atoms with E-state index in [-0.39, 0.29) is 0 Å². The monoisotopic (exact) mass is 366 g/mol. The molecule has 0 aromatic rings. The van der Waals surface area contributed by atoms with Crippen LogP contribution in [0.3, 0.4) is 0 Å². The van der Waals surface area contributed by atoms with Gasteiger partial charge < -0.3 is 0 Å². The summed E-state index contributed by atoms with van der Waals surface area (Å²) in [6, 6.07) is 0. The Kier molecular flexibility index (Phi) is 7.69. The third kappa shape index (κ3) is 5.89. The van der Waals surface area contributed by atoms with Crippen molar-refractivity contribution in [2.24, 2.45) is 29.6 Å². The van der Waals surface area contributed by atoms with E-state index in [2.05, 4.69) is 0 Å². The van der Waals surface area contributed by atoms with Gasteiger partial charge in [0.25, 0.3) is 6.08 Å². The molecule has 0 aromatic carbocycles. The number of hydrogen-bond acceptors (Lipinski definition) is 1. The molecule has 0 N–H and O–H groups in total. The predicted octanol–water partition coefficient (Wildman–Crippen LogP) is 7.31. The summed E-state index contributed by atoms with van der Waals surface area (Å²) in [7, 11) is 0. The summed E-state index contributed by atoms with van der Waals surface area (Å²) >= 11 is 0. The second-order valence-corrected chi connectivity index (χ2v) is 9.26. The summed E-state index contributed by atoms with van der Waals surface area (Å²) in [5, 5.41) is 0. The summed E-state index contributed by atoms with van der Waals surface area (Å²) in [4.78, 5) is 11.5. The van der Waals surface area contributed by atoms with E-state index in [4.69, 9.17) is 0 Å². The number of hydrogen-bond donors (Lipinski definition) is 0. The van der Waals surface area contributed by atoms with E-state index in [1.54, 1.807) is 0 Å². The highest BCUT2D eigenvalue weighted by Gasteiger charge is 2.34. The van der Waals surface area contributed by atoms with E-state index in [0.29, 0.717) is 12.2 Å². The van der Waals surface area contributed by atoms with Crippen molar-refractivity contribution >= 4 is 5.78 Å². The number of ketones is 1. The Balaban J connectivity index is 1.32. The van der Waals surface area contributed by atoms with Gasteiger partial charge in [0.1, 0.15) is 5.78 Å². The van der Waals surface area contributed by atoms with E-state index in [1.165, 1.54) is 51.4 Å². The molecule has 26 heavy (non-hydrogen) atoms. The van der Waals surface area contributed by atoms with Gasteiger partial charge in [-0.25, -0.2) is 0 Å². The van der Waals surface area contributed by atoms with Crippen LogP contribution in [0.1, 0.15) is 96.3 Å². The Morgan fingerprint density at radius 2 is 1.23 bits per heavy atom. The number of unbranched alkanes of at least 4 members (excludes halogenated alkanes) is 1. The molecule has 0 aromatic heterocycles. The highest BCUT2D eigenvalue weighted by molar-refractivity contribution is 5.79. The molecule has 3 rings (SSSR count). The Morgan fingerprint density at radius 3 is 1.73 bits per heavy atom. The van der Waals surface area contributed by atoms with Gasteiger partial charge in [0.05, 0.1) is 0 Å². The normalized spacial score (nSPS) is 33.8. The van der Waals surface area contributed by atoms with Crippen LogP contribution >= 0.6 is 0 Å². The average Bonchev–Trinajstić information content (AvgIpc) is 2.66. The van der Waals surface area contributed by atoms with Crippen LogP contribution in [0.15, 0.2) is 12.2 Å². The summed E-state index contributed by atoms with van der Waals surface area (Å²) < 4.78 is 24.1. The Hall–Kier alpha value is -0.730. The van der Waals surface area contributed by atoms with Crippen LogP contribution in [0.25, 0.3) is 0 Å². The smallest absolute Gasteiger partial charge is 0.266 e. The van der Waals surface area contributed by atoms with Gasteiger partial charge in [-0.1, -0.05) is 19.3 Å². The molecule has 3 aliphatic rings. The van der Waals surface area contributed by atoms with E-state index in [0.717, 1.165) is 74.2 Å². The van der Waals surface area contributed by atoms with Crippen molar-refractivity contribution in [1.29, 1.82) is 0 Å². The maximum absolute atomic E-state index is 12.1. The van der Waals surface area contributed by atoms with Gasteiger partial charge in [0, 0.05) is 12.8 Å². The zero-order chi connectivity index (χ0) is 18.4. The minimum Gasteiger partial charge on any atom is -0.300 e. The van der Waals surface area contributed by atoms with Crippen molar-refractivity contribution in [3.8, 4) is 0 Å². The lowest BCUT2D eigenvalue weighted by molar-refractivity contribution is -0.121. The Bertz CT molecular complexity index is 457. The maximum atomic E-state index is 12.1. The van der Waals surface area contributed by atoms with Gasteiger partial charge >= 0.3 is 0 Å². The third-order valence-corrected chi connectivity index (χ3v) is 7.74. The molecule has 0 amide bonds. The third-order valence-electron chi connectivity index (χ3n) is 7.74. The molecule has 0 atom stereocenters. The molecule has 0 bridgehead atoms. The number of carbonyl (C=O) groups excluding carboxylic acids is 1. The first-order chi connectivity index (χ1) is 12.6. The van der Waals surface area contributed by atoms with Crippen molar-refractivity contribution in [3.63, 3.8) is 0 Å². The summed E-state index contributed by atoms with van der Waals surface area (Å²) in [6.45, 7) is 0. The second kappa shape index (κ2) is 9.99. The lowest BCUT2D eigenvalue weighted by Gasteiger charge is -2.40. The zero-order valence-electron chi connectivity index (χ0n) is 16.2. The average molecular weight is 367 g/mol. The molecule has 0 saturated heterocycles. The van der Waals surface area contributed by atoms with Crippen molar-refractivity contribution < 1.29 is 13.6 Å². The number of halogens is 2. The van der Waals surface area contributed by atoms with Crippen molar-refractivity contribution in [2.75, 3.05) is 0 Å². The molecule has 3 fully saturated rings. The van der Waals surface area contributed by atoms with Gasteiger partial charge in [-0.15, -0.1) is 0 Å². The van der Waals surface area contributed by atoms with Crippen LogP contribution in [0, 0.1) is 29.6 Å². The molecule has 0 spiro atoms. The fraction of sp³-hybridized carbons (Fsp3) is 0.870. The van der Waals surface area contributed by atoms with E-state index in [9.17, 15) is 13.6 Å². The highest BCUT2D eigenvalue weighted by atomic mass is 19.3. The highest BCUT2D eigenvalue weighted by Crippen LogP contribution is 2.45. The largest absolute Gasteiger partial charge is 0.300 e. The SMILES string of the molecule is O=C1CCC(C2CCC(C3CCC(CCCC=C(F)F)CC3)CC2)CC1. The van der Waals surface area contributed by atoms with Crippen LogP contribution in [-0.4, -0.2) is 5.78 Å². The molecule has 1 nitrogen and oxygen atoms in total. The first-order valence-electron chi connectivity index (χ1n) is 11.1. The minimum atomic E-state index is -1.52. The standard InChI is InChI=1S/C23H36F2O/c24-23(25)4-2-1-3-17-5-7-18(8-6-17)19-9-11-20(12-10-19)21-13-15-22(26)16-14-21/h4,17-21H,1-3,5-16H2.